The van der Waals surface area contributed by atoms with Crippen LogP contribution in [0.1, 0.15) is 65.6 Å². The summed E-state index contributed by atoms with van der Waals surface area (Å²) in [6.45, 7) is 17.5. The smallest absolute Gasteiger partial charge is 0.270 e. The van der Waals surface area contributed by atoms with E-state index in [-0.39, 0.29) is 17.2 Å². The lowest BCUT2D eigenvalue weighted by molar-refractivity contribution is 0.0173. The number of hydrogen-bond acceptors (Lipinski definition) is 2. The fraction of sp³-hybridized carbons (Fsp3) is 0.700. The molecule has 156 valence electrons. The van der Waals surface area contributed by atoms with Crippen LogP contribution in [0.4, 0.5) is 8.78 Å². The number of halogens is 2. The fourth-order valence-electron chi connectivity index (χ4n) is 2.04. The van der Waals surface area contributed by atoms with Gasteiger partial charge in [0.25, 0.3) is 5.92 Å². The lowest BCUT2D eigenvalue weighted by atomic mass is 10.0. The molecular weight excluding hydrogens is 384 g/mol. The molecule has 0 radical (unpaired) electrons. The van der Waals surface area contributed by atoms with Gasteiger partial charge in [-0.1, -0.05) is 39.0 Å². The van der Waals surface area contributed by atoms with Crippen molar-refractivity contribution in [3.63, 3.8) is 0 Å². The molecule has 0 unspecified atom stereocenters. The molecule has 7 heteroatoms. The van der Waals surface area contributed by atoms with Gasteiger partial charge < -0.3 is 4.43 Å². The normalized spacial score (nSPS) is 16.3. The molecule has 0 bridgehead atoms. The third kappa shape index (κ3) is 7.04. The van der Waals surface area contributed by atoms with Crippen LogP contribution in [0.25, 0.3) is 0 Å². The Morgan fingerprint density at radius 1 is 1.11 bits per heavy atom. The SMILES string of the molecule is CC(F)(F)c1cccc([C@H](CO[Si](C)(C)C(C)(C)C)N[S@@](=O)C(C)(C)C)c1. The zero-order chi connectivity index (χ0) is 21.3. The predicted molar refractivity (Wildman–Crippen MR) is 113 cm³/mol. The van der Waals surface area contributed by atoms with Crippen molar-refractivity contribution in [1.82, 2.24) is 4.72 Å². The van der Waals surface area contributed by atoms with E-state index in [1.54, 1.807) is 12.1 Å². The van der Waals surface area contributed by atoms with Crippen molar-refractivity contribution in [2.75, 3.05) is 6.61 Å². The van der Waals surface area contributed by atoms with Crippen molar-refractivity contribution in [2.24, 2.45) is 0 Å². The highest BCUT2D eigenvalue weighted by molar-refractivity contribution is 7.84. The summed E-state index contributed by atoms with van der Waals surface area (Å²) in [4.78, 5) is 0. The lowest BCUT2D eigenvalue weighted by Gasteiger charge is -2.37. The van der Waals surface area contributed by atoms with E-state index in [0.717, 1.165) is 6.92 Å². The maximum Gasteiger partial charge on any atom is 0.270 e. The highest BCUT2D eigenvalue weighted by Crippen LogP contribution is 2.37. The Bertz CT molecular complexity index is 661. The summed E-state index contributed by atoms with van der Waals surface area (Å²) in [5, 5.41) is 0.0268. The number of hydrogen-bond donors (Lipinski definition) is 1. The van der Waals surface area contributed by atoms with E-state index in [1.807, 2.05) is 20.8 Å². The minimum Gasteiger partial charge on any atom is -0.415 e. The average Bonchev–Trinajstić information content (AvgIpc) is 2.48. The molecule has 0 aliphatic heterocycles. The Labute approximate surface area is 167 Å². The largest absolute Gasteiger partial charge is 0.415 e. The van der Waals surface area contributed by atoms with Crippen LogP contribution in [0, 0.1) is 0 Å². The first kappa shape index (κ1) is 24.4. The zero-order valence-corrected chi connectivity index (χ0v) is 19.9. The maximum absolute atomic E-state index is 13.8. The molecule has 27 heavy (non-hydrogen) atoms. The highest BCUT2D eigenvalue weighted by atomic mass is 32.2. The molecule has 2 atom stereocenters. The second-order valence-corrected chi connectivity index (χ2v) is 16.4. The van der Waals surface area contributed by atoms with E-state index >= 15 is 0 Å². The van der Waals surface area contributed by atoms with Crippen LogP contribution in [0.5, 0.6) is 0 Å². The van der Waals surface area contributed by atoms with Gasteiger partial charge in [0.15, 0.2) is 8.32 Å². The van der Waals surface area contributed by atoms with Crippen LogP contribution in [-0.2, 0) is 21.3 Å². The van der Waals surface area contributed by atoms with Gasteiger partial charge in [-0.15, -0.1) is 0 Å². The third-order valence-electron chi connectivity index (χ3n) is 5.02. The summed E-state index contributed by atoms with van der Waals surface area (Å²) in [5.41, 5.74) is 0.603. The van der Waals surface area contributed by atoms with Gasteiger partial charge in [0.1, 0.15) is 0 Å². The molecule has 0 saturated heterocycles. The van der Waals surface area contributed by atoms with Crippen molar-refractivity contribution in [1.29, 1.82) is 0 Å². The van der Waals surface area contributed by atoms with E-state index in [9.17, 15) is 13.0 Å². The number of rotatable bonds is 7. The minimum atomic E-state index is -2.93. The van der Waals surface area contributed by atoms with Crippen molar-refractivity contribution < 1.29 is 17.4 Å². The quantitative estimate of drug-likeness (QED) is 0.558. The minimum absolute atomic E-state index is 0.0268. The second kappa shape index (κ2) is 8.39. The summed E-state index contributed by atoms with van der Waals surface area (Å²) in [5.74, 6) is -2.93. The van der Waals surface area contributed by atoms with E-state index in [0.29, 0.717) is 5.56 Å². The molecule has 0 aromatic heterocycles. The highest BCUT2D eigenvalue weighted by Gasteiger charge is 2.38. The number of alkyl halides is 2. The second-order valence-electron chi connectivity index (χ2n) is 9.64. The molecule has 0 saturated carbocycles. The van der Waals surface area contributed by atoms with Crippen LogP contribution in [-0.4, -0.2) is 23.9 Å². The first-order valence-corrected chi connectivity index (χ1v) is 13.3. The Morgan fingerprint density at radius 3 is 2.11 bits per heavy atom. The maximum atomic E-state index is 13.8. The van der Waals surface area contributed by atoms with E-state index in [4.69, 9.17) is 4.43 Å². The Balaban J connectivity index is 3.18. The Hall–Kier alpha value is -0.633. The fourth-order valence-corrected chi connectivity index (χ4v) is 3.87. The summed E-state index contributed by atoms with van der Waals surface area (Å²) in [6, 6.07) is 5.86. The summed E-state index contributed by atoms with van der Waals surface area (Å²) in [6.07, 6.45) is 0. The average molecular weight is 420 g/mol. The molecule has 0 fully saturated rings. The van der Waals surface area contributed by atoms with Crippen LogP contribution in [0.2, 0.25) is 18.1 Å². The Morgan fingerprint density at radius 2 is 1.67 bits per heavy atom. The molecule has 1 aromatic carbocycles. The molecule has 1 rings (SSSR count). The van der Waals surface area contributed by atoms with Gasteiger partial charge in [0.05, 0.1) is 28.4 Å². The lowest BCUT2D eigenvalue weighted by Crippen LogP contribution is -2.44. The van der Waals surface area contributed by atoms with Gasteiger partial charge in [0, 0.05) is 12.5 Å². The van der Waals surface area contributed by atoms with E-state index < -0.39 is 36.0 Å². The topological polar surface area (TPSA) is 38.3 Å². The van der Waals surface area contributed by atoms with Crippen molar-refractivity contribution in [3.8, 4) is 0 Å². The predicted octanol–water partition coefficient (Wildman–Crippen LogP) is 5.91. The van der Waals surface area contributed by atoms with Gasteiger partial charge in [-0.3, -0.25) is 0 Å². The molecule has 0 heterocycles. The van der Waals surface area contributed by atoms with Crippen molar-refractivity contribution in [2.45, 2.75) is 83.3 Å². The van der Waals surface area contributed by atoms with Gasteiger partial charge in [-0.05, 0) is 50.5 Å². The summed E-state index contributed by atoms with van der Waals surface area (Å²) >= 11 is 0. The van der Waals surface area contributed by atoms with Gasteiger partial charge in [0.2, 0.25) is 0 Å². The van der Waals surface area contributed by atoms with Gasteiger partial charge >= 0.3 is 0 Å². The molecule has 1 N–H and O–H groups in total. The van der Waals surface area contributed by atoms with Crippen LogP contribution in [0.15, 0.2) is 24.3 Å². The standard InChI is InChI=1S/C20H35F2NO2SSi/c1-18(2,3)26(24)23-17(14-25-27(8,9)19(4,5)6)15-11-10-12-16(13-15)20(7,21)22/h10-13,17,23H,14H2,1-9H3/t17-,26-/m0/s1. The molecular formula is C20H35F2NO2SSi. The molecule has 3 nitrogen and oxygen atoms in total. The number of nitrogens with one attached hydrogen (secondary N) is 1. The molecule has 0 aliphatic carbocycles. The van der Waals surface area contributed by atoms with E-state index in [1.165, 1.54) is 12.1 Å². The van der Waals surface area contributed by atoms with Crippen molar-refractivity contribution in [3.05, 3.63) is 35.4 Å². The molecule has 1 aromatic rings. The molecule has 0 spiro atoms. The van der Waals surface area contributed by atoms with Crippen LogP contribution >= 0.6 is 0 Å². The summed E-state index contributed by atoms with van der Waals surface area (Å²) < 4.78 is 49.1. The monoisotopic (exact) mass is 419 g/mol. The summed E-state index contributed by atoms with van der Waals surface area (Å²) in [7, 11) is -3.38. The van der Waals surface area contributed by atoms with Gasteiger partial charge in [-0.25, -0.2) is 17.7 Å². The zero-order valence-electron chi connectivity index (χ0n) is 18.1. The van der Waals surface area contributed by atoms with Gasteiger partial charge in [-0.2, -0.15) is 0 Å². The first-order chi connectivity index (χ1) is 11.9. The van der Waals surface area contributed by atoms with E-state index in [2.05, 4.69) is 38.6 Å². The van der Waals surface area contributed by atoms with Crippen molar-refractivity contribution >= 4 is 19.3 Å². The molecule has 0 amide bonds. The van der Waals surface area contributed by atoms with Crippen LogP contribution in [0.3, 0.4) is 0 Å². The first-order valence-electron chi connectivity index (χ1n) is 9.25. The Kier molecular flexibility index (Phi) is 7.58. The number of benzene rings is 1. The third-order valence-corrected chi connectivity index (χ3v) is 11.1. The van der Waals surface area contributed by atoms with Crippen LogP contribution < -0.4 is 4.72 Å². The molecule has 0 aliphatic rings.